The van der Waals surface area contributed by atoms with Crippen LogP contribution in [0.4, 0.5) is 0 Å². The Bertz CT molecular complexity index is 167. The fraction of sp³-hybridized carbons (Fsp3) is 1.00. The monoisotopic (exact) mass is 321 g/mol. The van der Waals surface area contributed by atoms with E-state index in [9.17, 15) is 0 Å². The van der Waals surface area contributed by atoms with Crippen molar-refractivity contribution in [3.63, 3.8) is 0 Å². The molecule has 0 spiro atoms. The van der Waals surface area contributed by atoms with Gasteiger partial charge in [-0.3, -0.25) is 0 Å². The van der Waals surface area contributed by atoms with Crippen molar-refractivity contribution in [2.45, 2.75) is 63.1 Å². The van der Waals surface area contributed by atoms with Gasteiger partial charge in [0.05, 0.1) is 11.4 Å². The summed E-state index contributed by atoms with van der Waals surface area (Å²) in [6.45, 7) is 5.35. The SMILES string of the molecule is CCCCCCCCCCN(C)CC(Br)COC. The molecule has 0 fully saturated rings. The second-order valence-electron chi connectivity index (χ2n) is 5.29. The first-order chi connectivity index (χ1) is 8.70. The lowest BCUT2D eigenvalue weighted by Crippen LogP contribution is -2.29. The lowest BCUT2D eigenvalue weighted by atomic mass is 10.1. The third-order valence-electron chi connectivity index (χ3n) is 3.25. The van der Waals surface area contributed by atoms with Gasteiger partial charge in [0, 0.05) is 13.7 Å². The highest BCUT2D eigenvalue weighted by molar-refractivity contribution is 9.09. The van der Waals surface area contributed by atoms with Gasteiger partial charge in [0.25, 0.3) is 0 Å². The fourth-order valence-corrected chi connectivity index (χ4v) is 2.94. The number of rotatable bonds is 13. The molecule has 0 saturated heterocycles. The second kappa shape index (κ2) is 13.8. The van der Waals surface area contributed by atoms with Crippen LogP contribution >= 0.6 is 15.9 Å². The highest BCUT2D eigenvalue weighted by Crippen LogP contribution is 2.09. The largest absolute Gasteiger partial charge is 0.383 e. The minimum atomic E-state index is 0.460. The molecule has 0 aromatic carbocycles. The minimum absolute atomic E-state index is 0.460. The van der Waals surface area contributed by atoms with E-state index in [1.807, 2.05) is 0 Å². The maximum Gasteiger partial charge on any atom is 0.0600 e. The molecule has 0 amide bonds. The van der Waals surface area contributed by atoms with E-state index < -0.39 is 0 Å². The van der Waals surface area contributed by atoms with E-state index in [0.717, 1.165) is 13.2 Å². The summed E-state index contributed by atoms with van der Waals surface area (Å²) in [4.78, 5) is 2.86. The smallest absolute Gasteiger partial charge is 0.0600 e. The van der Waals surface area contributed by atoms with Gasteiger partial charge in [-0.05, 0) is 20.0 Å². The number of unbranched alkanes of at least 4 members (excludes halogenated alkanes) is 7. The van der Waals surface area contributed by atoms with E-state index in [1.165, 1.54) is 57.9 Å². The van der Waals surface area contributed by atoms with Gasteiger partial charge in [-0.2, -0.15) is 0 Å². The van der Waals surface area contributed by atoms with Gasteiger partial charge < -0.3 is 9.64 Å². The number of hydrogen-bond donors (Lipinski definition) is 0. The molecule has 0 aliphatic rings. The normalized spacial score (nSPS) is 13.2. The molecule has 0 bridgehead atoms. The fourth-order valence-electron chi connectivity index (χ4n) is 2.18. The first-order valence-electron chi connectivity index (χ1n) is 7.52. The summed E-state index contributed by atoms with van der Waals surface area (Å²) in [6, 6.07) is 0. The molecule has 0 aliphatic carbocycles. The van der Waals surface area contributed by atoms with Crippen LogP contribution in [0.2, 0.25) is 0 Å². The lowest BCUT2D eigenvalue weighted by Gasteiger charge is -2.19. The Labute approximate surface area is 123 Å². The van der Waals surface area contributed by atoms with E-state index in [4.69, 9.17) is 4.74 Å². The average molecular weight is 322 g/mol. The lowest BCUT2D eigenvalue weighted by molar-refractivity contribution is 0.185. The van der Waals surface area contributed by atoms with Crippen LogP contribution in [0.5, 0.6) is 0 Å². The van der Waals surface area contributed by atoms with Gasteiger partial charge in [0.2, 0.25) is 0 Å². The van der Waals surface area contributed by atoms with Gasteiger partial charge in [0.1, 0.15) is 0 Å². The molecule has 0 saturated carbocycles. The van der Waals surface area contributed by atoms with Gasteiger partial charge in [-0.15, -0.1) is 0 Å². The number of methoxy groups -OCH3 is 1. The third-order valence-corrected chi connectivity index (χ3v) is 3.80. The topological polar surface area (TPSA) is 12.5 Å². The van der Waals surface area contributed by atoms with Crippen LogP contribution in [0.1, 0.15) is 58.3 Å². The Morgan fingerprint density at radius 2 is 1.56 bits per heavy atom. The van der Waals surface area contributed by atoms with Gasteiger partial charge in [-0.1, -0.05) is 67.8 Å². The predicted octanol–water partition coefficient (Wildman–Crippen LogP) is 4.47. The van der Waals surface area contributed by atoms with Crippen LogP contribution in [0.15, 0.2) is 0 Å². The number of halogens is 1. The summed E-state index contributed by atoms with van der Waals surface area (Å²) in [5.74, 6) is 0. The highest BCUT2D eigenvalue weighted by Gasteiger charge is 2.06. The Hall–Kier alpha value is 0.400. The van der Waals surface area contributed by atoms with Crippen molar-refractivity contribution in [3.05, 3.63) is 0 Å². The highest BCUT2D eigenvalue weighted by atomic mass is 79.9. The summed E-state index contributed by atoms with van der Waals surface area (Å²) >= 11 is 3.63. The van der Waals surface area contributed by atoms with Crippen molar-refractivity contribution in [3.8, 4) is 0 Å². The molecule has 110 valence electrons. The van der Waals surface area contributed by atoms with Crippen molar-refractivity contribution in [1.29, 1.82) is 0 Å². The van der Waals surface area contributed by atoms with E-state index in [1.54, 1.807) is 7.11 Å². The van der Waals surface area contributed by atoms with Crippen LogP contribution in [0.25, 0.3) is 0 Å². The molecule has 1 atom stereocenters. The number of hydrogen-bond acceptors (Lipinski definition) is 2. The first-order valence-corrected chi connectivity index (χ1v) is 8.43. The van der Waals surface area contributed by atoms with Crippen molar-refractivity contribution < 1.29 is 4.74 Å². The quantitative estimate of drug-likeness (QED) is 0.366. The zero-order valence-corrected chi connectivity index (χ0v) is 14.2. The first kappa shape index (κ1) is 18.4. The van der Waals surface area contributed by atoms with Crippen LogP contribution in [0, 0.1) is 0 Å². The van der Waals surface area contributed by atoms with Crippen LogP contribution < -0.4 is 0 Å². The predicted molar refractivity (Wildman–Crippen MR) is 84.7 cm³/mol. The van der Waals surface area contributed by atoms with Crippen LogP contribution in [-0.4, -0.2) is 43.6 Å². The molecule has 0 rings (SSSR count). The van der Waals surface area contributed by atoms with Crippen molar-refractivity contribution in [1.82, 2.24) is 4.90 Å². The van der Waals surface area contributed by atoms with E-state index in [2.05, 4.69) is 34.8 Å². The molecule has 0 aromatic rings. The average Bonchev–Trinajstić information content (AvgIpc) is 2.32. The second-order valence-corrected chi connectivity index (χ2v) is 6.58. The summed E-state index contributed by atoms with van der Waals surface area (Å²) in [5, 5.41) is 0. The number of nitrogens with zero attached hydrogens (tertiary/aromatic N) is 1. The summed E-state index contributed by atoms with van der Waals surface area (Å²) in [6.07, 6.45) is 11.2. The van der Waals surface area contributed by atoms with Gasteiger partial charge in [0.15, 0.2) is 0 Å². The van der Waals surface area contributed by atoms with Crippen molar-refractivity contribution in [2.24, 2.45) is 0 Å². The molecule has 0 N–H and O–H groups in total. The Morgan fingerprint density at radius 1 is 1.00 bits per heavy atom. The van der Waals surface area contributed by atoms with Crippen LogP contribution in [0.3, 0.4) is 0 Å². The standard InChI is InChI=1S/C15H32BrNO/c1-4-5-6-7-8-9-10-11-12-17(2)13-15(16)14-18-3/h15H,4-14H2,1-3H3. The minimum Gasteiger partial charge on any atom is -0.383 e. The zero-order valence-electron chi connectivity index (χ0n) is 12.6. The molecular weight excluding hydrogens is 290 g/mol. The Morgan fingerprint density at radius 3 is 2.11 bits per heavy atom. The molecule has 0 aliphatic heterocycles. The van der Waals surface area contributed by atoms with Crippen LogP contribution in [-0.2, 0) is 4.74 Å². The molecular formula is C15H32BrNO. The molecule has 0 aromatic heterocycles. The zero-order chi connectivity index (χ0) is 13.6. The summed E-state index contributed by atoms with van der Waals surface area (Å²) in [5.41, 5.74) is 0. The maximum atomic E-state index is 5.12. The summed E-state index contributed by atoms with van der Waals surface area (Å²) in [7, 11) is 3.96. The molecule has 0 heterocycles. The van der Waals surface area contributed by atoms with E-state index >= 15 is 0 Å². The van der Waals surface area contributed by atoms with E-state index in [0.29, 0.717) is 4.83 Å². The molecule has 0 radical (unpaired) electrons. The molecule has 3 heteroatoms. The third kappa shape index (κ3) is 12.8. The van der Waals surface area contributed by atoms with E-state index in [-0.39, 0.29) is 0 Å². The van der Waals surface area contributed by atoms with Crippen molar-refractivity contribution in [2.75, 3.05) is 33.9 Å². The number of ether oxygens (including phenoxy) is 1. The summed E-state index contributed by atoms with van der Waals surface area (Å²) < 4.78 is 5.12. The molecule has 2 nitrogen and oxygen atoms in total. The van der Waals surface area contributed by atoms with Gasteiger partial charge in [-0.25, -0.2) is 0 Å². The Kier molecular flexibility index (Phi) is 14.1. The van der Waals surface area contributed by atoms with Gasteiger partial charge >= 0.3 is 0 Å². The maximum absolute atomic E-state index is 5.12. The Balaban J connectivity index is 3.22. The van der Waals surface area contributed by atoms with Crippen molar-refractivity contribution >= 4 is 15.9 Å². The molecule has 18 heavy (non-hydrogen) atoms. The molecule has 1 unspecified atom stereocenters. The number of alkyl halides is 1.